The normalized spacial score (nSPS) is 19.1. The highest BCUT2D eigenvalue weighted by Gasteiger charge is 2.44. The lowest BCUT2D eigenvalue weighted by atomic mass is 10.1. The van der Waals surface area contributed by atoms with E-state index < -0.39 is 6.09 Å². The van der Waals surface area contributed by atoms with Crippen molar-refractivity contribution in [1.29, 1.82) is 0 Å². The third-order valence-corrected chi connectivity index (χ3v) is 3.68. The van der Waals surface area contributed by atoms with Crippen LogP contribution in [-0.4, -0.2) is 58.4 Å². The van der Waals surface area contributed by atoms with Crippen molar-refractivity contribution < 1.29 is 19.1 Å². The molecule has 0 aromatic carbocycles. The van der Waals surface area contributed by atoms with E-state index in [2.05, 4.69) is 25.7 Å². The zero-order valence-electron chi connectivity index (χ0n) is 10.3. The minimum Gasteiger partial charge on any atom is -0.439 e. The van der Waals surface area contributed by atoms with Crippen LogP contribution in [0, 0.1) is 0 Å². The molecule has 8 heteroatoms. The van der Waals surface area contributed by atoms with Crippen molar-refractivity contribution in [3.63, 3.8) is 0 Å². The molecule has 104 valence electrons. The Morgan fingerprint density at radius 1 is 1.35 bits per heavy atom. The largest absolute Gasteiger partial charge is 0.439 e. The molecule has 1 aromatic heterocycles. The summed E-state index contributed by atoms with van der Waals surface area (Å²) in [4.78, 5) is 41.6. The van der Waals surface area contributed by atoms with E-state index in [4.69, 9.17) is 0 Å². The van der Waals surface area contributed by atoms with Crippen LogP contribution in [0.2, 0.25) is 0 Å². The molecule has 0 saturated carbocycles. The highest BCUT2D eigenvalue weighted by molar-refractivity contribution is 9.10. The Morgan fingerprint density at radius 2 is 2.10 bits per heavy atom. The topological polar surface area (TPSA) is 79.8 Å². The molecule has 3 amide bonds. The average molecular weight is 340 g/mol. The third kappa shape index (κ3) is 2.15. The van der Waals surface area contributed by atoms with Gasteiger partial charge in [-0.25, -0.2) is 9.69 Å². The number of pyridine rings is 1. The van der Waals surface area contributed by atoms with Gasteiger partial charge in [0.1, 0.15) is 0 Å². The van der Waals surface area contributed by atoms with Gasteiger partial charge < -0.3 is 9.64 Å². The fourth-order valence-electron chi connectivity index (χ4n) is 2.21. The van der Waals surface area contributed by atoms with Crippen molar-refractivity contribution in [2.45, 2.75) is 6.04 Å². The standard InChI is InChI=1S/C12H10BrN3O4/c13-8-1-7(2-14-3-8)11(18)15-4-9(5-15)16-10(17)6-20-12(16)19/h1-3,9H,4-6H2. The molecule has 2 saturated heterocycles. The first-order valence-corrected chi connectivity index (χ1v) is 6.74. The van der Waals surface area contributed by atoms with Gasteiger partial charge in [-0.15, -0.1) is 0 Å². The van der Waals surface area contributed by atoms with Crippen molar-refractivity contribution in [2.24, 2.45) is 0 Å². The molecule has 2 aliphatic rings. The maximum atomic E-state index is 12.1. The van der Waals surface area contributed by atoms with Crippen LogP contribution >= 0.6 is 15.9 Å². The van der Waals surface area contributed by atoms with Gasteiger partial charge in [0, 0.05) is 30.0 Å². The smallest absolute Gasteiger partial charge is 0.417 e. The lowest BCUT2D eigenvalue weighted by Crippen LogP contribution is -2.62. The molecule has 7 nitrogen and oxygen atoms in total. The van der Waals surface area contributed by atoms with Crippen LogP contribution in [0.15, 0.2) is 22.9 Å². The Balaban J connectivity index is 1.64. The molecule has 0 N–H and O–H groups in total. The summed E-state index contributed by atoms with van der Waals surface area (Å²) in [6, 6.07) is 1.39. The minimum absolute atomic E-state index is 0.171. The molecule has 2 aliphatic heterocycles. The zero-order valence-corrected chi connectivity index (χ0v) is 11.9. The number of aromatic nitrogens is 1. The quantitative estimate of drug-likeness (QED) is 0.790. The van der Waals surface area contributed by atoms with Crippen molar-refractivity contribution in [3.8, 4) is 0 Å². The summed E-state index contributed by atoms with van der Waals surface area (Å²) in [6.07, 6.45) is 2.45. The Labute approximate surface area is 122 Å². The van der Waals surface area contributed by atoms with E-state index in [-0.39, 0.29) is 24.5 Å². The summed E-state index contributed by atoms with van der Waals surface area (Å²) in [5, 5.41) is 0. The van der Waals surface area contributed by atoms with E-state index in [1.807, 2.05) is 0 Å². The summed E-state index contributed by atoms with van der Waals surface area (Å²) >= 11 is 3.25. The van der Waals surface area contributed by atoms with Crippen LogP contribution in [0.3, 0.4) is 0 Å². The van der Waals surface area contributed by atoms with E-state index in [0.717, 1.165) is 9.37 Å². The fourth-order valence-corrected chi connectivity index (χ4v) is 2.58. The van der Waals surface area contributed by atoms with E-state index in [1.165, 1.54) is 6.20 Å². The number of carbonyl (C=O) groups is 3. The van der Waals surface area contributed by atoms with E-state index in [0.29, 0.717) is 18.7 Å². The van der Waals surface area contributed by atoms with Gasteiger partial charge in [0.15, 0.2) is 6.61 Å². The Morgan fingerprint density at radius 3 is 2.70 bits per heavy atom. The number of likely N-dealkylation sites (tertiary alicyclic amines) is 1. The zero-order chi connectivity index (χ0) is 14.3. The summed E-state index contributed by atoms with van der Waals surface area (Å²) in [5.74, 6) is -0.522. The average Bonchev–Trinajstić information content (AvgIpc) is 2.69. The second-order valence-corrected chi connectivity index (χ2v) is 5.49. The maximum Gasteiger partial charge on any atom is 0.417 e. The number of ether oxygens (including phenoxy) is 1. The molecule has 20 heavy (non-hydrogen) atoms. The second-order valence-electron chi connectivity index (χ2n) is 4.57. The van der Waals surface area contributed by atoms with Crippen LogP contribution < -0.4 is 0 Å². The molecule has 0 unspecified atom stereocenters. The van der Waals surface area contributed by atoms with E-state index >= 15 is 0 Å². The predicted octanol–water partition coefficient (Wildman–Crippen LogP) is 0.647. The summed E-state index contributed by atoms with van der Waals surface area (Å²) in [5.41, 5.74) is 0.466. The van der Waals surface area contributed by atoms with E-state index in [9.17, 15) is 14.4 Å². The van der Waals surface area contributed by atoms with Crippen molar-refractivity contribution in [1.82, 2.24) is 14.8 Å². The van der Waals surface area contributed by atoms with Crippen LogP contribution in [0.1, 0.15) is 10.4 Å². The molecular weight excluding hydrogens is 330 g/mol. The summed E-state index contributed by atoms with van der Waals surface area (Å²) in [6.45, 7) is 0.442. The van der Waals surface area contributed by atoms with Crippen LogP contribution in [0.25, 0.3) is 0 Å². The molecule has 0 spiro atoms. The molecule has 1 aromatic rings. The minimum atomic E-state index is -0.628. The van der Waals surface area contributed by atoms with Gasteiger partial charge in [-0.3, -0.25) is 14.6 Å². The molecule has 0 aliphatic carbocycles. The Hall–Kier alpha value is -1.96. The first-order valence-electron chi connectivity index (χ1n) is 5.95. The highest BCUT2D eigenvalue weighted by Crippen LogP contribution is 2.22. The Kier molecular flexibility index (Phi) is 3.17. The first kappa shape index (κ1) is 13.0. The molecule has 3 rings (SSSR count). The lowest BCUT2D eigenvalue weighted by Gasteiger charge is -2.41. The summed E-state index contributed by atoms with van der Waals surface area (Å²) in [7, 11) is 0. The lowest BCUT2D eigenvalue weighted by molar-refractivity contribution is -0.129. The molecule has 0 bridgehead atoms. The first-order chi connectivity index (χ1) is 9.56. The van der Waals surface area contributed by atoms with Gasteiger partial charge in [0.25, 0.3) is 11.8 Å². The van der Waals surface area contributed by atoms with Crippen molar-refractivity contribution in [3.05, 3.63) is 28.5 Å². The van der Waals surface area contributed by atoms with Crippen molar-refractivity contribution in [2.75, 3.05) is 19.7 Å². The van der Waals surface area contributed by atoms with Gasteiger partial charge in [-0.2, -0.15) is 0 Å². The van der Waals surface area contributed by atoms with E-state index in [1.54, 1.807) is 17.2 Å². The molecule has 0 atom stereocenters. The number of hydrogen-bond donors (Lipinski definition) is 0. The van der Waals surface area contributed by atoms with Gasteiger partial charge in [0.2, 0.25) is 0 Å². The number of rotatable bonds is 2. The second kappa shape index (κ2) is 4.86. The van der Waals surface area contributed by atoms with Gasteiger partial charge >= 0.3 is 6.09 Å². The monoisotopic (exact) mass is 339 g/mol. The van der Waals surface area contributed by atoms with Crippen LogP contribution in [-0.2, 0) is 9.53 Å². The van der Waals surface area contributed by atoms with Gasteiger partial charge in [-0.05, 0) is 22.0 Å². The van der Waals surface area contributed by atoms with Crippen molar-refractivity contribution >= 4 is 33.8 Å². The van der Waals surface area contributed by atoms with Crippen LogP contribution in [0.4, 0.5) is 4.79 Å². The third-order valence-electron chi connectivity index (χ3n) is 3.25. The molecule has 2 fully saturated rings. The highest BCUT2D eigenvalue weighted by atomic mass is 79.9. The summed E-state index contributed by atoms with van der Waals surface area (Å²) < 4.78 is 5.37. The van der Waals surface area contributed by atoms with Gasteiger partial charge in [-0.1, -0.05) is 0 Å². The molecular formula is C12H10BrN3O4. The number of hydrogen-bond acceptors (Lipinski definition) is 5. The van der Waals surface area contributed by atoms with Crippen LogP contribution in [0.5, 0.6) is 0 Å². The molecule has 0 radical (unpaired) electrons. The number of imide groups is 1. The SMILES string of the molecule is O=C(c1cncc(Br)c1)N1CC(N2C(=O)COC2=O)C1. The number of cyclic esters (lactones) is 1. The Bertz CT molecular complexity index is 584. The predicted molar refractivity (Wildman–Crippen MR) is 69.8 cm³/mol. The number of amides is 3. The number of halogens is 1. The molecule has 3 heterocycles. The number of nitrogens with zero attached hydrogens (tertiary/aromatic N) is 3. The number of carbonyl (C=O) groups excluding carboxylic acids is 3. The fraction of sp³-hybridized carbons (Fsp3) is 0.333. The van der Waals surface area contributed by atoms with Gasteiger partial charge in [0.05, 0.1) is 11.6 Å². The maximum absolute atomic E-state index is 12.1.